The van der Waals surface area contributed by atoms with Gasteiger partial charge in [-0.15, -0.1) is 11.8 Å². The normalized spacial score (nSPS) is 25.8. The number of nitrogens with one attached hydrogen (secondary N) is 1. The fourth-order valence-electron chi connectivity index (χ4n) is 2.18. The Kier molecular flexibility index (Phi) is 4.10. The molecule has 2 rings (SSSR count). The van der Waals surface area contributed by atoms with Gasteiger partial charge in [-0.1, -0.05) is 0 Å². The second-order valence-corrected chi connectivity index (χ2v) is 6.23. The maximum absolute atomic E-state index is 12.0. The number of carboxylic acids is 1. The topological polar surface area (TPSA) is 89.5 Å². The number of hydrogen-bond acceptors (Lipinski definition) is 6. The first-order chi connectivity index (χ1) is 8.97. The summed E-state index contributed by atoms with van der Waals surface area (Å²) in [5, 5.41) is 13.4. The lowest BCUT2D eigenvalue weighted by molar-refractivity contribution is -0.301. The Hall–Kier alpha value is -1.15. The van der Waals surface area contributed by atoms with Gasteiger partial charge in [0.25, 0.3) is 5.91 Å². The molecule has 6 nitrogen and oxygen atoms in total. The van der Waals surface area contributed by atoms with Crippen LogP contribution >= 0.6 is 23.5 Å². The molecule has 2 amide bonds. The molecule has 2 atom stereocenters. The number of carbonyl (C=O) groups is 3. The SMILES string of the molecule is CSCC1=C(C(=O)[O-])N2C(=O)C(NC(C)=O)C2SC1. The van der Waals surface area contributed by atoms with Crippen molar-refractivity contribution in [3.63, 3.8) is 0 Å². The molecule has 104 valence electrons. The zero-order valence-corrected chi connectivity index (χ0v) is 12.1. The summed E-state index contributed by atoms with van der Waals surface area (Å²) in [5.74, 6) is -0.923. The molecule has 0 spiro atoms. The number of aliphatic carboxylic acids is 1. The van der Waals surface area contributed by atoms with Crippen molar-refractivity contribution in [3.8, 4) is 0 Å². The van der Waals surface area contributed by atoms with Crippen molar-refractivity contribution in [2.45, 2.75) is 18.3 Å². The predicted octanol–water partition coefficient (Wildman–Crippen LogP) is -1.23. The van der Waals surface area contributed by atoms with Crippen molar-refractivity contribution in [1.82, 2.24) is 10.2 Å². The Labute approximate surface area is 119 Å². The van der Waals surface area contributed by atoms with E-state index in [1.54, 1.807) is 0 Å². The third-order valence-electron chi connectivity index (χ3n) is 2.92. The van der Waals surface area contributed by atoms with E-state index in [0.29, 0.717) is 17.1 Å². The quantitative estimate of drug-likeness (QED) is 0.654. The second kappa shape index (κ2) is 5.46. The molecule has 2 aliphatic rings. The number of carbonyl (C=O) groups excluding carboxylic acids is 3. The first kappa shape index (κ1) is 14.3. The Morgan fingerprint density at radius 3 is 2.79 bits per heavy atom. The lowest BCUT2D eigenvalue weighted by atomic mass is 10.0. The van der Waals surface area contributed by atoms with Crippen LogP contribution in [-0.4, -0.2) is 51.9 Å². The van der Waals surface area contributed by atoms with E-state index in [9.17, 15) is 19.5 Å². The van der Waals surface area contributed by atoms with Gasteiger partial charge < -0.3 is 15.2 Å². The summed E-state index contributed by atoms with van der Waals surface area (Å²) in [6, 6.07) is -0.632. The molecule has 1 saturated heterocycles. The minimum absolute atomic E-state index is 0.0234. The molecule has 0 bridgehead atoms. The standard InChI is InChI=1S/C11H14N2O4S2/c1-5(14)12-7-9(15)13-8(11(16)17)6(3-18-2)4-19-10(7)13/h7,10H,3-4H2,1-2H3,(H,12,14)(H,16,17)/p-1. The summed E-state index contributed by atoms with van der Waals surface area (Å²) >= 11 is 2.96. The molecule has 0 saturated carbocycles. The molecule has 0 aromatic heterocycles. The molecule has 8 heteroatoms. The number of carboxylic acid groups (broad SMARTS) is 1. The predicted molar refractivity (Wildman–Crippen MR) is 71.1 cm³/mol. The lowest BCUT2D eigenvalue weighted by Crippen LogP contribution is -2.71. The monoisotopic (exact) mass is 301 g/mol. The highest BCUT2D eigenvalue weighted by molar-refractivity contribution is 8.00. The molecule has 19 heavy (non-hydrogen) atoms. The highest BCUT2D eigenvalue weighted by atomic mass is 32.2. The smallest absolute Gasteiger partial charge is 0.253 e. The van der Waals surface area contributed by atoms with E-state index in [0.717, 1.165) is 0 Å². The molecule has 0 radical (unpaired) electrons. The second-order valence-electron chi connectivity index (χ2n) is 4.26. The number of β-lactam (4-membered cyclic amide) rings is 1. The van der Waals surface area contributed by atoms with Gasteiger partial charge in [-0.05, 0) is 11.8 Å². The zero-order chi connectivity index (χ0) is 14.2. The Morgan fingerprint density at radius 2 is 2.26 bits per heavy atom. The van der Waals surface area contributed by atoms with Crippen LogP contribution in [0.5, 0.6) is 0 Å². The van der Waals surface area contributed by atoms with Crippen LogP contribution in [0.1, 0.15) is 6.92 Å². The third kappa shape index (κ3) is 2.46. The summed E-state index contributed by atoms with van der Waals surface area (Å²) in [6.45, 7) is 1.33. The fraction of sp³-hybridized carbons (Fsp3) is 0.545. The first-order valence-corrected chi connectivity index (χ1v) is 8.05. The van der Waals surface area contributed by atoms with E-state index in [1.807, 2.05) is 6.26 Å². The Bertz CT molecular complexity index is 477. The highest BCUT2D eigenvalue weighted by Gasteiger charge is 2.52. The van der Waals surface area contributed by atoms with E-state index in [-0.39, 0.29) is 22.9 Å². The molecule has 2 unspecified atom stereocenters. The number of amides is 2. The third-order valence-corrected chi connectivity index (χ3v) is 4.89. The highest BCUT2D eigenvalue weighted by Crippen LogP contribution is 2.40. The van der Waals surface area contributed by atoms with Gasteiger partial charge >= 0.3 is 0 Å². The maximum atomic E-state index is 12.0. The molecule has 1 fully saturated rings. The largest absolute Gasteiger partial charge is 0.543 e. The average Bonchev–Trinajstić information content (AvgIpc) is 2.35. The van der Waals surface area contributed by atoms with Crippen LogP contribution in [0.2, 0.25) is 0 Å². The molecule has 1 N–H and O–H groups in total. The van der Waals surface area contributed by atoms with E-state index >= 15 is 0 Å². The lowest BCUT2D eigenvalue weighted by Gasteiger charge is -2.50. The van der Waals surface area contributed by atoms with Gasteiger partial charge in [-0.25, -0.2) is 0 Å². The van der Waals surface area contributed by atoms with E-state index in [2.05, 4.69) is 5.32 Å². The van der Waals surface area contributed by atoms with Gasteiger partial charge in [0.1, 0.15) is 11.4 Å². The van der Waals surface area contributed by atoms with Gasteiger partial charge in [0, 0.05) is 18.4 Å². The molecular formula is C11H13N2O4S2-. The number of nitrogens with zero attached hydrogens (tertiary/aromatic N) is 1. The average molecular weight is 301 g/mol. The summed E-state index contributed by atoms with van der Waals surface area (Å²) in [4.78, 5) is 35.4. The van der Waals surface area contributed by atoms with Crippen LogP contribution in [-0.2, 0) is 14.4 Å². The van der Waals surface area contributed by atoms with Crippen LogP contribution in [0, 0.1) is 0 Å². The van der Waals surface area contributed by atoms with Gasteiger partial charge in [-0.3, -0.25) is 14.5 Å². The number of thioether (sulfide) groups is 2. The molecular weight excluding hydrogens is 288 g/mol. The Balaban J connectivity index is 2.25. The summed E-state index contributed by atoms with van der Waals surface area (Å²) in [6.07, 6.45) is 1.87. The van der Waals surface area contributed by atoms with Crippen molar-refractivity contribution in [2.75, 3.05) is 17.8 Å². The van der Waals surface area contributed by atoms with Crippen molar-refractivity contribution in [3.05, 3.63) is 11.3 Å². The Morgan fingerprint density at radius 1 is 1.58 bits per heavy atom. The molecule has 0 aromatic rings. The number of rotatable bonds is 4. The summed E-state index contributed by atoms with van der Waals surface area (Å²) in [7, 11) is 0. The minimum Gasteiger partial charge on any atom is -0.543 e. The van der Waals surface area contributed by atoms with Gasteiger partial charge in [0.2, 0.25) is 5.91 Å². The van der Waals surface area contributed by atoms with E-state index in [1.165, 1.54) is 35.3 Å². The van der Waals surface area contributed by atoms with Crippen molar-refractivity contribution >= 4 is 41.3 Å². The minimum atomic E-state index is -1.33. The molecule has 0 aliphatic carbocycles. The van der Waals surface area contributed by atoms with Crippen LogP contribution in [0.15, 0.2) is 11.3 Å². The zero-order valence-electron chi connectivity index (χ0n) is 10.5. The molecule has 0 aromatic carbocycles. The van der Waals surface area contributed by atoms with E-state index < -0.39 is 12.0 Å². The van der Waals surface area contributed by atoms with Gasteiger partial charge in [-0.2, -0.15) is 11.8 Å². The van der Waals surface area contributed by atoms with Crippen molar-refractivity contribution in [2.24, 2.45) is 0 Å². The maximum Gasteiger partial charge on any atom is 0.253 e. The number of fused-ring (bicyclic) bond motifs is 1. The molecule has 2 aliphatic heterocycles. The van der Waals surface area contributed by atoms with Crippen LogP contribution in [0.4, 0.5) is 0 Å². The van der Waals surface area contributed by atoms with E-state index in [4.69, 9.17) is 0 Å². The molecule has 2 heterocycles. The first-order valence-electron chi connectivity index (χ1n) is 5.61. The fourth-order valence-corrected chi connectivity index (χ4v) is 4.24. The summed E-state index contributed by atoms with van der Waals surface area (Å²) < 4.78 is 0. The van der Waals surface area contributed by atoms with Gasteiger partial charge in [0.15, 0.2) is 0 Å². The number of hydrogen-bond donors (Lipinski definition) is 1. The summed E-state index contributed by atoms with van der Waals surface area (Å²) in [5.41, 5.74) is 0.674. The van der Waals surface area contributed by atoms with Crippen molar-refractivity contribution < 1.29 is 19.5 Å². The van der Waals surface area contributed by atoms with Crippen LogP contribution < -0.4 is 10.4 Å². The van der Waals surface area contributed by atoms with Crippen molar-refractivity contribution in [1.29, 1.82) is 0 Å². The van der Waals surface area contributed by atoms with Crippen LogP contribution in [0.25, 0.3) is 0 Å². The van der Waals surface area contributed by atoms with Gasteiger partial charge in [0.05, 0.1) is 11.7 Å². The van der Waals surface area contributed by atoms with Crippen LogP contribution in [0.3, 0.4) is 0 Å².